The van der Waals surface area contributed by atoms with Crippen molar-refractivity contribution < 1.29 is 0 Å². The Kier molecular flexibility index (Phi) is 3.90. The normalized spacial score (nSPS) is 16.4. The molecule has 3 aromatic heterocycles. The highest BCUT2D eigenvalue weighted by molar-refractivity contribution is 7.16. The second kappa shape index (κ2) is 6.03. The molecule has 0 aromatic carbocycles. The average molecular weight is 332 g/mol. The van der Waals surface area contributed by atoms with Gasteiger partial charge in [0.05, 0.1) is 10.9 Å². The lowest BCUT2D eigenvalue weighted by Crippen LogP contribution is -2.26. The molecule has 114 valence electrons. The van der Waals surface area contributed by atoms with Crippen LogP contribution >= 0.6 is 22.9 Å². The predicted octanol–water partition coefficient (Wildman–Crippen LogP) is 4.27. The molecule has 1 saturated heterocycles. The molecule has 1 N–H and O–H groups in total. The largest absolute Gasteiger partial charge is 0.327 e. The van der Waals surface area contributed by atoms with Crippen molar-refractivity contribution >= 4 is 34.0 Å². The molecule has 3 nitrogen and oxygen atoms in total. The standard InChI is InChI=1S/C17H18ClN3S/c18-16-4-3-13(22-16)10-21-11-15(12-5-8-19-9-6-12)14-2-1-7-20-17(14)21/h1-4,7,11-12,19H,5-6,8-10H2. The van der Waals surface area contributed by atoms with Gasteiger partial charge < -0.3 is 9.88 Å². The van der Waals surface area contributed by atoms with Crippen LogP contribution in [0.4, 0.5) is 0 Å². The lowest BCUT2D eigenvalue weighted by atomic mass is 9.90. The van der Waals surface area contributed by atoms with Crippen LogP contribution in [0.25, 0.3) is 11.0 Å². The van der Waals surface area contributed by atoms with Crippen LogP contribution in [0.2, 0.25) is 4.34 Å². The molecule has 3 aromatic rings. The van der Waals surface area contributed by atoms with E-state index >= 15 is 0 Å². The molecular formula is C17H18ClN3S. The third kappa shape index (κ3) is 2.67. The molecule has 22 heavy (non-hydrogen) atoms. The maximum absolute atomic E-state index is 6.06. The Morgan fingerprint density at radius 2 is 2.14 bits per heavy atom. The first kappa shape index (κ1) is 14.2. The van der Waals surface area contributed by atoms with Crippen LogP contribution in [0, 0.1) is 0 Å². The monoisotopic (exact) mass is 331 g/mol. The van der Waals surface area contributed by atoms with Gasteiger partial charge in [-0.25, -0.2) is 4.98 Å². The molecule has 0 spiro atoms. The topological polar surface area (TPSA) is 29.9 Å². The Hall–Kier alpha value is -1.36. The van der Waals surface area contributed by atoms with Gasteiger partial charge in [0.15, 0.2) is 0 Å². The van der Waals surface area contributed by atoms with Crippen LogP contribution in [0.5, 0.6) is 0 Å². The first-order chi connectivity index (χ1) is 10.8. The number of aromatic nitrogens is 2. The summed E-state index contributed by atoms with van der Waals surface area (Å²) in [6.07, 6.45) is 6.60. The number of fused-ring (bicyclic) bond motifs is 1. The summed E-state index contributed by atoms with van der Waals surface area (Å²) in [6, 6.07) is 8.32. The molecule has 0 amide bonds. The highest BCUT2D eigenvalue weighted by Gasteiger charge is 2.20. The molecule has 1 fully saturated rings. The van der Waals surface area contributed by atoms with E-state index in [4.69, 9.17) is 11.6 Å². The second-order valence-corrected chi connectivity index (χ2v) is 7.62. The van der Waals surface area contributed by atoms with E-state index in [0.717, 1.165) is 29.6 Å². The van der Waals surface area contributed by atoms with Crippen LogP contribution < -0.4 is 5.32 Å². The van der Waals surface area contributed by atoms with Crippen molar-refractivity contribution in [3.05, 3.63) is 51.4 Å². The molecule has 1 aliphatic rings. The molecule has 5 heteroatoms. The van der Waals surface area contributed by atoms with Crippen molar-refractivity contribution in [3.8, 4) is 0 Å². The molecule has 0 unspecified atom stereocenters. The molecular weight excluding hydrogens is 314 g/mol. The lowest BCUT2D eigenvalue weighted by molar-refractivity contribution is 0.461. The third-order valence-electron chi connectivity index (χ3n) is 4.40. The van der Waals surface area contributed by atoms with Crippen LogP contribution in [-0.2, 0) is 6.54 Å². The van der Waals surface area contributed by atoms with Gasteiger partial charge in [-0.05, 0) is 61.7 Å². The zero-order valence-corrected chi connectivity index (χ0v) is 13.8. The fourth-order valence-corrected chi connectivity index (χ4v) is 4.42. The van der Waals surface area contributed by atoms with Crippen molar-refractivity contribution in [3.63, 3.8) is 0 Å². The number of pyridine rings is 1. The number of halogens is 1. The van der Waals surface area contributed by atoms with E-state index in [1.807, 2.05) is 18.3 Å². The minimum Gasteiger partial charge on any atom is -0.327 e. The summed E-state index contributed by atoms with van der Waals surface area (Å²) >= 11 is 7.70. The highest BCUT2D eigenvalue weighted by atomic mass is 35.5. The fraction of sp³-hybridized carbons (Fsp3) is 0.353. The van der Waals surface area contributed by atoms with Gasteiger partial charge in [0, 0.05) is 22.7 Å². The molecule has 0 aliphatic carbocycles. The van der Waals surface area contributed by atoms with Gasteiger partial charge in [-0.1, -0.05) is 11.6 Å². The molecule has 0 saturated carbocycles. The lowest BCUT2D eigenvalue weighted by Gasteiger charge is -2.22. The third-order valence-corrected chi connectivity index (χ3v) is 5.61. The van der Waals surface area contributed by atoms with Gasteiger partial charge in [-0.2, -0.15) is 0 Å². The van der Waals surface area contributed by atoms with Gasteiger partial charge in [0.2, 0.25) is 0 Å². The molecule has 4 rings (SSSR count). The molecule has 0 atom stereocenters. The van der Waals surface area contributed by atoms with E-state index < -0.39 is 0 Å². The molecule has 0 radical (unpaired) electrons. The quantitative estimate of drug-likeness (QED) is 0.777. The molecule has 1 aliphatic heterocycles. The van der Waals surface area contributed by atoms with E-state index in [1.165, 1.54) is 28.7 Å². The van der Waals surface area contributed by atoms with Gasteiger partial charge in [-0.15, -0.1) is 11.3 Å². The van der Waals surface area contributed by atoms with Gasteiger partial charge in [0.1, 0.15) is 5.65 Å². The van der Waals surface area contributed by atoms with Gasteiger partial charge in [-0.3, -0.25) is 0 Å². The van der Waals surface area contributed by atoms with E-state index in [9.17, 15) is 0 Å². The van der Waals surface area contributed by atoms with Gasteiger partial charge in [0.25, 0.3) is 0 Å². The second-order valence-electron chi connectivity index (χ2n) is 5.82. The number of rotatable bonds is 3. The van der Waals surface area contributed by atoms with E-state index in [1.54, 1.807) is 11.3 Å². The first-order valence-electron chi connectivity index (χ1n) is 7.70. The maximum atomic E-state index is 6.06. The Balaban J connectivity index is 1.74. The van der Waals surface area contributed by atoms with Crippen molar-refractivity contribution in [1.29, 1.82) is 0 Å². The van der Waals surface area contributed by atoms with E-state index in [2.05, 4.69) is 33.2 Å². The number of hydrogen-bond acceptors (Lipinski definition) is 3. The minimum absolute atomic E-state index is 0.640. The number of piperidine rings is 1. The van der Waals surface area contributed by atoms with Crippen molar-refractivity contribution in [2.75, 3.05) is 13.1 Å². The number of thiophene rings is 1. The summed E-state index contributed by atoms with van der Waals surface area (Å²) < 4.78 is 3.12. The van der Waals surface area contributed by atoms with Crippen LogP contribution in [0.15, 0.2) is 36.7 Å². The minimum atomic E-state index is 0.640. The van der Waals surface area contributed by atoms with E-state index in [-0.39, 0.29) is 0 Å². The summed E-state index contributed by atoms with van der Waals surface area (Å²) in [7, 11) is 0. The molecule has 4 heterocycles. The zero-order valence-electron chi connectivity index (χ0n) is 12.3. The van der Waals surface area contributed by atoms with Gasteiger partial charge >= 0.3 is 0 Å². The summed E-state index contributed by atoms with van der Waals surface area (Å²) in [5.74, 6) is 0.640. The Morgan fingerprint density at radius 1 is 1.27 bits per heavy atom. The summed E-state index contributed by atoms with van der Waals surface area (Å²) in [5.41, 5.74) is 2.54. The number of nitrogens with one attached hydrogen (secondary N) is 1. The first-order valence-corrected chi connectivity index (χ1v) is 8.89. The van der Waals surface area contributed by atoms with Crippen LogP contribution in [0.3, 0.4) is 0 Å². The maximum Gasteiger partial charge on any atom is 0.140 e. The SMILES string of the molecule is Clc1ccc(Cn2cc(C3CCNCC3)c3cccnc32)s1. The Bertz CT molecular complexity index is 786. The Morgan fingerprint density at radius 3 is 2.91 bits per heavy atom. The summed E-state index contributed by atoms with van der Waals surface area (Å²) in [5, 5.41) is 4.75. The number of hydrogen-bond donors (Lipinski definition) is 1. The average Bonchev–Trinajstić information content (AvgIpc) is 3.13. The predicted molar refractivity (Wildman–Crippen MR) is 93.0 cm³/mol. The summed E-state index contributed by atoms with van der Waals surface area (Å²) in [4.78, 5) is 5.89. The van der Waals surface area contributed by atoms with Crippen molar-refractivity contribution in [2.45, 2.75) is 25.3 Å². The fourth-order valence-electron chi connectivity index (χ4n) is 3.33. The van der Waals surface area contributed by atoms with Crippen molar-refractivity contribution in [1.82, 2.24) is 14.9 Å². The van der Waals surface area contributed by atoms with Crippen molar-refractivity contribution in [2.24, 2.45) is 0 Å². The van der Waals surface area contributed by atoms with Crippen LogP contribution in [-0.4, -0.2) is 22.6 Å². The summed E-state index contributed by atoms with van der Waals surface area (Å²) in [6.45, 7) is 3.06. The van der Waals surface area contributed by atoms with Crippen LogP contribution in [0.1, 0.15) is 29.2 Å². The Labute approximate surface area is 138 Å². The smallest absolute Gasteiger partial charge is 0.140 e. The number of nitrogens with zero attached hydrogens (tertiary/aromatic N) is 2. The zero-order chi connectivity index (χ0) is 14.9. The van der Waals surface area contributed by atoms with E-state index in [0.29, 0.717) is 5.92 Å². The highest BCUT2D eigenvalue weighted by Crippen LogP contribution is 2.33. The molecule has 0 bridgehead atoms.